The van der Waals surface area contributed by atoms with Crippen LogP contribution < -0.4 is 0 Å². The fraction of sp³-hybridized carbons (Fsp3) is 0.714. The van der Waals surface area contributed by atoms with Gasteiger partial charge in [-0.05, 0) is 19.8 Å². The Hall–Kier alpha value is -0.820. The van der Waals surface area contributed by atoms with Gasteiger partial charge in [-0.3, -0.25) is 0 Å². The molecule has 1 heterocycles. The van der Waals surface area contributed by atoms with Crippen LogP contribution in [0.5, 0.6) is 0 Å². The smallest absolute Gasteiger partial charge is 0.410 e. The van der Waals surface area contributed by atoms with E-state index in [0.717, 1.165) is 5.69 Å². The number of aromatic nitrogens is 1. The molecule has 1 aromatic heterocycles. The van der Waals surface area contributed by atoms with Crippen LogP contribution >= 0.6 is 25.3 Å². The minimum absolute atomic E-state index is 0.0241. The molecular weight excluding hydrogens is 308 g/mol. The van der Waals surface area contributed by atoms with Crippen LogP contribution in [0.15, 0.2) is 10.6 Å². The molecule has 0 saturated carbocycles. The predicted molar refractivity (Wildman–Crippen MR) is 89.2 cm³/mol. The Morgan fingerprint density at radius 1 is 1.29 bits per heavy atom. The van der Waals surface area contributed by atoms with Crippen LogP contribution in [-0.4, -0.2) is 39.7 Å². The number of carbonyl (C=O) groups excluding carboxylic acids is 1. The van der Waals surface area contributed by atoms with Crippen LogP contribution in [0, 0.1) is 0 Å². The first-order valence-corrected chi connectivity index (χ1v) is 8.29. The Labute approximate surface area is 137 Å². The molecule has 0 bridgehead atoms. The van der Waals surface area contributed by atoms with Crippen molar-refractivity contribution in [1.29, 1.82) is 0 Å². The van der Waals surface area contributed by atoms with Gasteiger partial charge in [0.15, 0.2) is 12.4 Å². The number of thiol groups is 2. The number of nitrogens with zero attached hydrogens (tertiary/aromatic N) is 2. The largest absolute Gasteiger partial charge is 0.441 e. The van der Waals surface area contributed by atoms with Crippen molar-refractivity contribution in [2.45, 2.75) is 52.3 Å². The first kappa shape index (κ1) is 18.2. The van der Waals surface area contributed by atoms with Gasteiger partial charge in [0.1, 0.15) is 0 Å². The molecule has 2 atom stereocenters. The lowest BCUT2D eigenvalue weighted by Crippen LogP contribution is -2.46. The first-order valence-electron chi connectivity index (χ1n) is 7.03. The summed E-state index contributed by atoms with van der Waals surface area (Å²) in [5.74, 6) is 1.95. The van der Waals surface area contributed by atoms with Crippen molar-refractivity contribution < 1.29 is 14.1 Å². The van der Waals surface area contributed by atoms with Crippen molar-refractivity contribution in [3.8, 4) is 0 Å². The van der Waals surface area contributed by atoms with Gasteiger partial charge in [-0.15, -0.1) is 0 Å². The molecule has 0 aromatic carbocycles. The Kier molecular flexibility index (Phi) is 7.45. The zero-order valence-corrected chi connectivity index (χ0v) is 14.7. The van der Waals surface area contributed by atoms with E-state index in [1.54, 1.807) is 4.90 Å². The van der Waals surface area contributed by atoms with Gasteiger partial charge in [0.25, 0.3) is 0 Å². The van der Waals surface area contributed by atoms with Crippen LogP contribution in [-0.2, 0) is 11.3 Å². The highest BCUT2D eigenvalue weighted by molar-refractivity contribution is 7.80. The highest BCUT2D eigenvalue weighted by Gasteiger charge is 2.25. The van der Waals surface area contributed by atoms with Crippen molar-refractivity contribution in [2.24, 2.45) is 0 Å². The van der Waals surface area contributed by atoms with E-state index < -0.39 is 0 Å². The van der Waals surface area contributed by atoms with Gasteiger partial charge in [0.05, 0.1) is 5.69 Å². The summed E-state index contributed by atoms with van der Waals surface area (Å²) in [6, 6.07) is 1.76. The van der Waals surface area contributed by atoms with E-state index in [1.807, 2.05) is 33.8 Å². The summed E-state index contributed by atoms with van der Waals surface area (Å²) in [6.07, 6.45) is -0.388. The molecule has 1 amide bonds. The third-order valence-electron chi connectivity index (χ3n) is 3.20. The molecule has 0 aliphatic heterocycles. The summed E-state index contributed by atoms with van der Waals surface area (Å²) in [7, 11) is 0. The molecule has 0 saturated heterocycles. The number of hydrogen-bond donors (Lipinski definition) is 2. The Balaban J connectivity index is 2.64. The maximum atomic E-state index is 12.2. The van der Waals surface area contributed by atoms with Gasteiger partial charge in [-0.1, -0.05) is 19.0 Å². The van der Waals surface area contributed by atoms with Gasteiger partial charge in [-0.25, -0.2) is 4.79 Å². The summed E-state index contributed by atoms with van der Waals surface area (Å²) >= 11 is 8.49. The second-order valence-corrected chi connectivity index (χ2v) is 6.13. The molecule has 120 valence electrons. The Morgan fingerprint density at radius 3 is 2.29 bits per heavy atom. The topological polar surface area (TPSA) is 55.6 Å². The minimum atomic E-state index is -0.388. The second kappa shape index (κ2) is 8.58. The fourth-order valence-corrected chi connectivity index (χ4v) is 2.20. The summed E-state index contributed by atoms with van der Waals surface area (Å²) in [5, 5.41) is 3.94. The van der Waals surface area contributed by atoms with Crippen molar-refractivity contribution in [2.75, 3.05) is 11.5 Å². The molecule has 0 radical (unpaired) electrons. The highest BCUT2D eigenvalue weighted by atomic mass is 32.1. The van der Waals surface area contributed by atoms with E-state index in [0.29, 0.717) is 17.3 Å². The van der Waals surface area contributed by atoms with Crippen molar-refractivity contribution in [1.82, 2.24) is 10.1 Å². The van der Waals surface area contributed by atoms with E-state index in [9.17, 15) is 4.79 Å². The molecular formula is C14H24N2O3S2. The number of hydrogen-bond acceptors (Lipinski definition) is 6. The molecule has 0 spiro atoms. The lowest BCUT2D eigenvalue weighted by molar-refractivity contribution is 0.0687. The van der Waals surface area contributed by atoms with Crippen molar-refractivity contribution >= 4 is 31.4 Å². The van der Waals surface area contributed by atoms with Crippen molar-refractivity contribution in [3.63, 3.8) is 0 Å². The summed E-state index contributed by atoms with van der Waals surface area (Å²) < 4.78 is 10.5. The molecule has 1 aromatic rings. The van der Waals surface area contributed by atoms with Gasteiger partial charge in [-0.2, -0.15) is 25.3 Å². The zero-order chi connectivity index (χ0) is 16.0. The summed E-state index contributed by atoms with van der Waals surface area (Å²) in [4.78, 5) is 13.9. The van der Waals surface area contributed by atoms with E-state index in [4.69, 9.17) is 9.26 Å². The lowest BCUT2D eigenvalue weighted by atomic mass is 10.1. The summed E-state index contributed by atoms with van der Waals surface area (Å²) in [6.45, 7) is 7.99. The average Bonchev–Trinajstić information content (AvgIpc) is 2.93. The molecule has 0 aliphatic rings. The molecule has 0 aliphatic carbocycles. The average molecular weight is 332 g/mol. The SMILES string of the molecule is CC(C)c1cc(COC(=O)N(C(C)CS)C(C)CS)on1. The van der Waals surface area contributed by atoms with E-state index in [1.165, 1.54) is 0 Å². The highest BCUT2D eigenvalue weighted by Crippen LogP contribution is 2.16. The third-order valence-corrected chi connectivity index (χ3v) is 4.25. The molecule has 5 nitrogen and oxygen atoms in total. The van der Waals surface area contributed by atoms with Gasteiger partial charge in [0, 0.05) is 29.7 Å². The van der Waals surface area contributed by atoms with Crippen molar-refractivity contribution in [3.05, 3.63) is 17.5 Å². The molecule has 2 unspecified atom stereocenters. The van der Waals surface area contributed by atoms with Crippen LogP contribution in [0.3, 0.4) is 0 Å². The predicted octanol–water partition coefficient (Wildman–Crippen LogP) is 3.37. The molecule has 0 N–H and O–H groups in total. The van der Waals surface area contributed by atoms with Crippen LogP contribution in [0.25, 0.3) is 0 Å². The van der Waals surface area contributed by atoms with E-state index in [-0.39, 0.29) is 30.7 Å². The number of rotatable bonds is 7. The first-order chi connectivity index (χ1) is 9.90. The quantitative estimate of drug-likeness (QED) is 0.752. The Bertz CT molecular complexity index is 441. The van der Waals surface area contributed by atoms with Crippen LogP contribution in [0.1, 0.15) is 45.1 Å². The molecule has 21 heavy (non-hydrogen) atoms. The maximum Gasteiger partial charge on any atom is 0.410 e. The Morgan fingerprint density at radius 2 is 1.86 bits per heavy atom. The monoisotopic (exact) mass is 332 g/mol. The van der Waals surface area contributed by atoms with Crippen LogP contribution in [0.2, 0.25) is 0 Å². The molecule has 7 heteroatoms. The third kappa shape index (κ3) is 5.14. The fourth-order valence-electron chi connectivity index (χ4n) is 1.85. The van der Waals surface area contributed by atoms with E-state index in [2.05, 4.69) is 30.4 Å². The van der Waals surface area contributed by atoms with Gasteiger partial charge < -0.3 is 14.2 Å². The second-order valence-electron chi connectivity index (χ2n) is 5.40. The number of amides is 1. The van der Waals surface area contributed by atoms with Gasteiger partial charge >= 0.3 is 6.09 Å². The molecule has 0 fully saturated rings. The van der Waals surface area contributed by atoms with Crippen LogP contribution in [0.4, 0.5) is 4.79 Å². The normalized spacial score (nSPS) is 14.0. The summed E-state index contributed by atoms with van der Waals surface area (Å²) in [5.41, 5.74) is 0.852. The molecule has 1 rings (SSSR count). The zero-order valence-electron chi connectivity index (χ0n) is 12.9. The minimum Gasteiger partial charge on any atom is -0.441 e. The number of ether oxygens (including phenoxy) is 1. The maximum absolute atomic E-state index is 12.2. The number of carbonyl (C=O) groups is 1. The van der Waals surface area contributed by atoms with E-state index >= 15 is 0 Å². The lowest BCUT2D eigenvalue weighted by Gasteiger charge is -2.32. The van der Waals surface area contributed by atoms with Gasteiger partial charge in [0.2, 0.25) is 0 Å². The standard InChI is InChI=1S/C14H24N2O3S2/c1-9(2)13-5-12(19-15-13)6-18-14(17)16(10(3)7-20)11(4)8-21/h5,9-11,20-21H,6-8H2,1-4H3.